The van der Waals surface area contributed by atoms with Gasteiger partial charge in [0.05, 0.1) is 0 Å². The predicted molar refractivity (Wildman–Crippen MR) is 157 cm³/mol. The Morgan fingerprint density at radius 2 is 0.829 bits per heavy atom. The van der Waals surface area contributed by atoms with E-state index in [9.17, 15) is 10.2 Å². The molecule has 2 aromatic rings. The summed E-state index contributed by atoms with van der Waals surface area (Å²) in [6.45, 7) is 26.3. The van der Waals surface area contributed by atoms with Crippen LogP contribution in [0.2, 0.25) is 0 Å². The molecule has 196 valence electrons. The second-order valence-electron chi connectivity index (χ2n) is 13.8. The molecule has 2 N–H and O–H groups in total. The number of rotatable bonds is 6. The van der Waals surface area contributed by atoms with E-state index in [4.69, 9.17) is 0 Å². The molecule has 0 heterocycles. The van der Waals surface area contributed by atoms with Crippen LogP contribution in [0.1, 0.15) is 112 Å². The first kappa shape index (κ1) is 30.0. The zero-order valence-electron chi connectivity index (χ0n) is 24.1. The molecule has 0 saturated carbocycles. The van der Waals surface area contributed by atoms with Gasteiger partial charge in [-0.15, -0.1) is 23.5 Å². The van der Waals surface area contributed by atoms with E-state index in [0.29, 0.717) is 11.5 Å². The summed E-state index contributed by atoms with van der Waals surface area (Å²) >= 11 is 3.47. The molecule has 0 aromatic heterocycles. The van der Waals surface area contributed by atoms with Gasteiger partial charge in [0.15, 0.2) is 0 Å². The lowest BCUT2D eigenvalue weighted by Gasteiger charge is -2.27. The smallest absolute Gasteiger partial charge is 0.132 e. The molecular weight excluding hydrogens is 468 g/mol. The normalized spacial score (nSPS) is 13.4. The summed E-state index contributed by atoms with van der Waals surface area (Å²) in [5.41, 5.74) is 4.37. The Morgan fingerprint density at radius 3 is 1.09 bits per heavy atom. The fourth-order valence-corrected chi connectivity index (χ4v) is 5.98. The molecule has 0 unspecified atom stereocenters. The standard InChI is InChI=1S/C31H48O2S2/c1-28(2,3)20-16-22(30(7,8)9)26(32)24(18-20)34-14-13-15-35-25-19-21(29(4,5)6)17-23(27(25)33)31(10,11)12/h16-19,32-33H,13-15H2,1-12H3. The molecule has 0 aliphatic rings. The van der Waals surface area contributed by atoms with Crippen molar-refractivity contribution in [1.82, 2.24) is 0 Å². The molecular formula is C31H48O2S2. The second kappa shape index (κ2) is 10.6. The van der Waals surface area contributed by atoms with Crippen molar-refractivity contribution in [2.45, 2.75) is 121 Å². The molecule has 0 aliphatic carbocycles. The molecule has 2 rings (SSSR count). The number of benzene rings is 2. The molecule has 2 aromatic carbocycles. The lowest BCUT2D eigenvalue weighted by atomic mass is 9.80. The lowest BCUT2D eigenvalue weighted by molar-refractivity contribution is 0.431. The van der Waals surface area contributed by atoms with Gasteiger partial charge in [0.1, 0.15) is 11.5 Å². The first-order valence-electron chi connectivity index (χ1n) is 12.7. The van der Waals surface area contributed by atoms with Gasteiger partial charge in [-0.2, -0.15) is 0 Å². The maximum absolute atomic E-state index is 11.0. The van der Waals surface area contributed by atoms with Gasteiger partial charge in [0.2, 0.25) is 0 Å². The van der Waals surface area contributed by atoms with Gasteiger partial charge in [-0.1, -0.05) is 95.2 Å². The van der Waals surface area contributed by atoms with E-state index in [-0.39, 0.29) is 21.7 Å². The van der Waals surface area contributed by atoms with E-state index in [1.807, 2.05) is 0 Å². The van der Waals surface area contributed by atoms with Gasteiger partial charge in [0, 0.05) is 20.9 Å². The van der Waals surface area contributed by atoms with Crippen molar-refractivity contribution >= 4 is 23.5 Å². The fourth-order valence-electron chi connectivity index (χ4n) is 3.87. The van der Waals surface area contributed by atoms with Crippen LogP contribution in [0.3, 0.4) is 0 Å². The first-order chi connectivity index (χ1) is 15.7. The topological polar surface area (TPSA) is 40.5 Å². The predicted octanol–water partition coefficient (Wildman–Crippen LogP) is 9.56. The third-order valence-corrected chi connectivity index (χ3v) is 8.53. The Labute approximate surface area is 223 Å². The van der Waals surface area contributed by atoms with Crippen molar-refractivity contribution < 1.29 is 10.2 Å². The monoisotopic (exact) mass is 516 g/mol. The number of phenolic OH excluding ortho intramolecular Hbond substituents is 2. The fraction of sp³-hybridized carbons (Fsp3) is 0.613. The molecule has 0 saturated heterocycles. The highest BCUT2D eigenvalue weighted by Gasteiger charge is 2.26. The molecule has 0 fully saturated rings. The maximum Gasteiger partial charge on any atom is 0.132 e. The van der Waals surface area contributed by atoms with Crippen molar-refractivity contribution in [3.63, 3.8) is 0 Å². The minimum absolute atomic E-state index is 0.0270. The second-order valence-corrected chi connectivity index (χ2v) is 16.1. The Kier molecular flexibility index (Phi) is 9.09. The molecule has 0 atom stereocenters. The van der Waals surface area contributed by atoms with E-state index >= 15 is 0 Å². The van der Waals surface area contributed by atoms with E-state index in [1.54, 1.807) is 23.5 Å². The molecule has 0 spiro atoms. The van der Waals surface area contributed by atoms with E-state index < -0.39 is 0 Å². The van der Waals surface area contributed by atoms with Crippen molar-refractivity contribution in [2.24, 2.45) is 0 Å². The minimum Gasteiger partial charge on any atom is -0.506 e. The summed E-state index contributed by atoms with van der Waals surface area (Å²) in [4.78, 5) is 1.94. The number of hydrogen-bond donors (Lipinski definition) is 2. The minimum atomic E-state index is -0.114. The van der Waals surface area contributed by atoms with Crippen molar-refractivity contribution in [1.29, 1.82) is 0 Å². The van der Waals surface area contributed by atoms with Crippen molar-refractivity contribution in [3.8, 4) is 11.5 Å². The van der Waals surface area contributed by atoms with Crippen LogP contribution in [0, 0.1) is 0 Å². The van der Waals surface area contributed by atoms with Crippen LogP contribution in [0.5, 0.6) is 11.5 Å². The van der Waals surface area contributed by atoms with Crippen LogP contribution in [0.15, 0.2) is 34.1 Å². The summed E-state index contributed by atoms with van der Waals surface area (Å²) in [7, 11) is 0. The molecule has 35 heavy (non-hydrogen) atoms. The quantitative estimate of drug-likeness (QED) is 0.296. The summed E-state index contributed by atoms with van der Waals surface area (Å²) in [6.07, 6.45) is 0.989. The SMILES string of the molecule is CC(C)(C)c1cc(SCCCSc2cc(C(C)(C)C)cc(C(C)(C)C)c2O)c(O)c(C(C)(C)C)c1. The zero-order valence-corrected chi connectivity index (χ0v) is 25.8. The third-order valence-electron chi connectivity index (χ3n) is 6.30. The Balaban J connectivity index is 2.18. The summed E-state index contributed by atoms with van der Waals surface area (Å²) in [5, 5.41) is 22.1. The molecule has 2 nitrogen and oxygen atoms in total. The molecule has 0 aliphatic heterocycles. The highest BCUT2D eigenvalue weighted by molar-refractivity contribution is 8.00. The van der Waals surface area contributed by atoms with Gasteiger partial charge in [-0.25, -0.2) is 0 Å². The molecule has 0 bridgehead atoms. The van der Waals surface area contributed by atoms with Crippen LogP contribution in [0.4, 0.5) is 0 Å². The van der Waals surface area contributed by atoms with Gasteiger partial charge < -0.3 is 10.2 Å². The van der Waals surface area contributed by atoms with Crippen molar-refractivity contribution in [3.05, 3.63) is 46.5 Å². The van der Waals surface area contributed by atoms with Crippen LogP contribution in [-0.4, -0.2) is 21.7 Å². The Morgan fingerprint density at radius 1 is 0.514 bits per heavy atom. The highest BCUT2D eigenvalue weighted by atomic mass is 32.2. The zero-order chi connectivity index (χ0) is 27.0. The van der Waals surface area contributed by atoms with Crippen LogP contribution < -0.4 is 0 Å². The van der Waals surface area contributed by atoms with E-state index in [2.05, 4.69) is 107 Å². The maximum atomic E-state index is 11.0. The van der Waals surface area contributed by atoms with Crippen LogP contribution >= 0.6 is 23.5 Å². The van der Waals surface area contributed by atoms with Crippen molar-refractivity contribution in [2.75, 3.05) is 11.5 Å². The van der Waals surface area contributed by atoms with E-state index in [0.717, 1.165) is 38.8 Å². The number of aromatic hydroxyl groups is 2. The Hall–Kier alpha value is -1.26. The van der Waals surface area contributed by atoms with Gasteiger partial charge >= 0.3 is 0 Å². The average Bonchev–Trinajstić information content (AvgIpc) is 2.66. The number of thioether (sulfide) groups is 2. The van der Waals surface area contributed by atoms with Gasteiger partial charge in [0.25, 0.3) is 0 Å². The van der Waals surface area contributed by atoms with Crippen LogP contribution in [0.25, 0.3) is 0 Å². The number of hydrogen-bond acceptors (Lipinski definition) is 4. The Bertz CT molecular complexity index is 943. The molecule has 4 heteroatoms. The molecule has 0 amide bonds. The average molecular weight is 517 g/mol. The summed E-state index contributed by atoms with van der Waals surface area (Å²) in [5.74, 6) is 2.69. The lowest BCUT2D eigenvalue weighted by Crippen LogP contribution is -2.17. The molecule has 0 radical (unpaired) electrons. The van der Waals surface area contributed by atoms with Crippen LogP contribution in [-0.2, 0) is 21.7 Å². The van der Waals surface area contributed by atoms with E-state index in [1.165, 1.54) is 11.1 Å². The number of phenols is 2. The van der Waals surface area contributed by atoms with Gasteiger partial charge in [-0.05, 0) is 62.8 Å². The first-order valence-corrected chi connectivity index (χ1v) is 14.7. The third kappa shape index (κ3) is 7.86. The highest BCUT2D eigenvalue weighted by Crippen LogP contribution is 2.43. The summed E-state index contributed by atoms with van der Waals surface area (Å²) in [6, 6.07) is 8.67. The van der Waals surface area contributed by atoms with Gasteiger partial charge in [-0.3, -0.25) is 0 Å². The summed E-state index contributed by atoms with van der Waals surface area (Å²) < 4.78 is 0. The largest absolute Gasteiger partial charge is 0.506 e.